The van der Waals surface area contributed by atoms with Crippen LogP contribution in [-0.2, 0) is 20.8 Å². The van der Waals surface area contributed by atoms with Gasteiger partial charge in [-0.15, -0.1) is 0 Å². The van der Waals surface area contributed by atoms with E-state index < -0.39 is 11.9 Å². The van der Waals surface area contributed by atoms with Gasteiger partial charge in [0.25, 0.3) is 0 Å². The van der Waals surface area contributed by atoms with E-state index >= 15 is 0 Å². The third kappa shape index (κ3) is 6.27. The normalized spacial score (nSPS) is 10.2. The minimum Gasteiger partial charge on any atom is -0.423 e. The van der Waals surface area contributed by atoms with Gasteiger partial charge in [-0.1, -0.05) is 35.3 Å². The number of benzene rings is 2. The third-order valence-electron chi connectivity index (χ3n) is 3.38. The Balaban J connectivity index is 2.06. The van der Waals surface area contributed by atoms with E-state index in [9.17, 15) is 14.4 Å². The summed E-state index contributed by atoms with van der Waals surface area (Å²) in [6.07, 6.45) is 0.536. The minimum absolute atomic E-state index is 0.119. The molecular formula is C19H17Cl2NO5. The monoisotopic (exact) mass is 409 g/mol. The van der Waals surface area contributed by atoms with Gasteiger partial charge in [-0.25, -0.2) is 0 Å². The molecule has 0 heterocycles. The molecule has 0 unspecified atom stereocenters. The first-order chi connectivity index (χ1) is 12.8. The molecule has 0 radical (unpaired) electrons. The molecule has 1 N–H and O–H groups in total. The fourth-order valence-corrected chi connectivity index (χ4v) is 2.60. The van der Waals surface area contributed by atoms with Crippen LogP contribution in [0.1, 0.15) is 25.8 Å². The molecule has 0 aliphatic heterocycles. The number of nitrogens with one attached hydrogen (secondary N) is 1. The van der Waals surface area contributed by atoms with E-state index in [1.54, 1.807) is 30.3 Å². The average molecular weight is 410 g/mol. The van der Waals surface area contributed by atoms with Crippen molar-refractivity contribution in [1.29, 1.82) is 0 Å². The summed E-state index contributed by atoms with van der Waals surface area (Å²) in [6, 6.07) is 9.72. The van der Waals surface area contributed by atoms with Crippen LogP contribution in [0.5, 0.6) is 11.5 Å². The molecule has 142 valence electrons. The van der Waals surface area contributed by atoms with E-state index in [0.29, 0.717) is 17.1 Å². The molecule has 0 aliphatic carbocycles. The molecule has 1 amide bonds. The maximum Gasteiger partial charge on any atom is 0.308 e. The Morgan fingerprint density at radius 2 is 1.63 bits per heavy atom. The molecule has 0 spiro atoms. The zero-order valence-electron chi connectivity index (χ0n) is 14.7. The maximum atomic E-state index is 12.2. The molecule has 0 saturated carbocycles. The maximum absolute atomic E-state index is 12.2. The summed E-state index contributed by atoms with van der Waals surface area (Å²) in [4.78, 5) is 34.5. The van der Waals surface area contributed by atoms with Crippen molar-refractivity contribution in [1.82, 2.24) is 0 Å². The Morgan fingerprint density at radius 3 is 2.30 bits per heavy atom. The number of anilines is 1. The predicted molar refractivity (Wildman–Crippen MR) is 102 cm³/mol. The molecule has 0 atom stereocenters. The highest BCUT2D eigenvalue weighted by atomic mass is 35.5. The van der Waals surface area contributed by atoms with Crippen molar-refractivity contribution < 1.29 is 23.9 Å². The Bertz CT molecular complexity index is 882. The van der Waals surface area contributed by atoms with E-state index in [1.807, 2.05) is 0 Å². The summed E-state index contributed by atoms with van der Waals surface area (Å²) in [5, 5.41) is 3.32. The van der Waals surface area contributed by atoms with Gasteiger partial charge in [-0.2, -0.15) is 0 Å². The number of hydrogen-bond acceptors (Lipinski definition) is 5. The van der Waals surface area contributed by atoms with Gasteiger partial charge in [0.15, 0.2) is 11.5 Å². The highest BCUT2D eigenvalue weighted by Crippen LogP contribution is 2.31. The Morgan fingerprint density at radius 1 is 0.963 bits per heavy atom. The lowest BCUT2D eigenvalue weighted by molar-refractivity contribution is -0.134. The van der Waals surface area contributed by atoms with E-state index in [2.05, 4.69) is 5.32 Å². The quantitative estimate of drug-likeness (QED) is 0.564. The SMILES string of the molecule is CC(=O)Oc1ccc(CCC(=O)Nc2cccc(Cl)c2Cl)cc1OC(C)=O. The van der Waals surface area contributed by atoms with Gasteiger partial charge in [0, 0.05) is 20.3 Å². The smallest absolute Gasteiger partial charge is 0.308 e. The molecule has 6 nitrogen and oxygen atoms in total. The number of aryl methyl sites for hydroxylation is 1. The summed E-state index contributed by atoms with van der Waals surface area (Å²) in [5.41, 5.74) is 1.16. The van der Waals surface area contributed by atoms with Crippen LogP contribution in [0.15, 0.2) is 36.4 Å². The fourth-order valence-electron chi connectivity index (χ4n) is 2.25. The number of hydrogen-bond donors (Lipinski definition) is 1. The Kier molecular flexibility index (Phi) is 7.21. The van der Waals surface area contributed by atoms with Crippen LogP contribution < -0.4 is 14.8 Å². The summed E-state index contributed by atoms with van der Waals surface area (Å²) in [5.74, 6) is -1.08. The first-order valence-electron chi connectivity index (χ1n) is 8.00. The molecular weight excluding hydrogens is 393 g/mol. The Hall–Kier alpha value is -2.57. The van der Waals surface area contributed by atoms with Crippen LogP contribution in [-0.4, -0.2) is 17.8 Å². The number of amides is 1. The largest absolute Gasteiger partial charge is 0.423 e. The number of esters is 2. The highest BCUT2D eigenvalue weighted by molar-refractivity contribution is 6.43. The van der Waals surface area contributed by atoms with Crippen LogP contribution in [0.2, 0.25) is 10.0 Å². The second-order valence-corrected chi connectivity index (χ2v) is 6.40. The van der Waals surface area contributed by atoms with Gasteiger partial charge in [-0.05, 0) is 36.2 Å². The van der Waals surface area contributed by atoms with Crippen molar-refractivity contribution in [3.05, 3.63) is 52.0 Å². The van der Waals surface area contributed by atoms with Crippen molar-refractivity contribution in [3.8, 4) is 11.5 Å². The van der Waals surface area contributed by atoms with Gasteiger partial charge in [0.05, 0.1) is 15.7 Å². The van der Waals surface area contributed by atoms with Crippen LogP contribution >= 0.6 is 23.2 Å². The highest BCUT2D eigenvalue weighted by Gasteiger charge is 2.13. The summed E-state index contributed by atoms with van der Waals surface area (Å²) in [7, 11) is 0. The molecule has 0 bridgehead atoms. The number of ether oxygens (including phenoxy) is 2. The Labute approximate surface area is 166 Å². The van der Waals surface area contributed by atoms with Crippen molar-refractivity contribution in [2.75, 3.05) is 5.32 Å². The predicted octanol–water partition coefficient (Wildman–Crippen LogP) is 4.42. The number of halogens is 2. The van der Waals surface area contributed by atoms with Crippen LogP contribution in [0.3, 0.4) is 0 Å². The standard InChI is InChI=1S/C19H17Cl2NO5/c1-11(23)26-16-8-6-13(10-17(16)27-12(2)24)7-9-18(25)22-15-5-3-4-14(20)19(15)21/h3-6,8,10H,7,9H2,1-2H3,(H,22,25). The van der Waals surface area contributed by atoms with E-state index in [4.69, 9.17) is 32.7 Å². The molecule has 2 aromatic carbocycles. The lowest BCUT2D eigenvalue weighted by Crippen LogP contribution is -2.13. The number of rotatable bonds is 6. The first-order valence-corrected chi connectivity index (χ1v) is 8.75. The summed E-state index contributed by atoms with van der Waals surface area (Å²) >= 11 is 12.0. The van der Waals surface area contributed by atoms with E-state index in [-0.39, 0.29) is 28.8 Å². The van der Waals surface area contributed by atoms with E-state index in [0.717, 1.165) is 5.56 Å². The molecule has 0 aliphatic rings. The van der Waals surface area contributed by atoms with Crippen LogP contribution in [0.25, 0.3) is 0 Å². The van der Waals surface area contributed by atoms with Gasteiger partial charge in [-0.3, -0.25) is 14.4 Å². The molecule has 2 rings (SSSR count). The lowest BCUT2D eigenvalue weighted by Gasteiger charge is -2.11. The molecule has 0 aromatic heterocycles. The van der Waals surface area contributed by atoms with Gasteiger partial charge in [0.2, 0.25) is 5.91 Å². The van der Waals surface area contributed by atoms with Gasteiger partial charge in [0.1, 0.15) is 0 Å². The zero-order chi connectivity index (χ0) is 20.0. The van der Waals surface area contributed by atoms with Gasteiger partial charge < -0.3 is 14.8 Å². The fraction of sp³-hybridized carbons (Fsp3) is 0.211. The van der Waals surface area contributed by atoms with Crippen molar-refractivity contribution in [2.45, 2.75) is 26.7 Å². The topological polar surface area (TPSA) is 81.7 Å². The summed E-state index contributed by atoms with van der Waals surface area (Å²) < 4.78 is 10.1. The summed E-state index contributed by atoms with van der Waals surface area (Å²) in [6.45, 7) is 2.49. The zero-order valence-corrected chi connectivity index (χ0v) is 16.2. The van der Waals surface area contributed by atoms with Crippen molar-refractivity contribution in [2.24, 2.45) is 0 Å². The molecule has 0 saturated heterocycles. The van der Waals surface area contributed by atoms with E-state index in [1.165, 1.54) is 19.9 Å². The second-order valence-electron chi connectivity index (χ2n) is 5.62. The average Bonchev–Trinajstić information content (AvgIpc) is 2.58. The van der Waals surface area contributed by atoms with Gasteiger partial charge >= 0.3 is 11.9 Å². The van der Waals surface area contributed by atoms with Crippen LogP contribution in [0.4, 0.5) is 5.69 Å². The molecule has 8 heteroatoms. The minimum atomic E-state index is -0.547. The van der Waals surface area contributed by atoms with Crippen LogP contribution in [0, 0.1) is 0 Å². The van der Waals surface area contributed by atoms with Crippen molar-refractivity contribution >= 4 is 46.7 Å². The molecule has 27 heavy (non-hydrogen) atoms. The number of carbonyl (C=O) groups excluding carboxylic acids is 3. The molecule has 0 fully saturated rings. The van der Waals surface area contributed by atoms with Crippen molar-refractivity contribution in [3.63, 3.8) is 0 Å². The first kappa shape index (κ1) is 20.7. The third-order valence-corrected chi connectivity index (χ3v) is 4.20. The second kappa shape index (κ2) is 9.39. The lowest BCUT2D eigenvalue weighted by atomic mass is 10.1. The molecule has 2 aromatic rings. The number of carbonyl (C=O) groups is 3.